The van der Waals surface area contributed by atoms with Gasteiger partial charge >= 0.3 is 0 Å². The Morgan fingerprint density at radius 3 is 2.17 bits per heavy atom. The fourth-order valence-electron chi connectivity index (χ4n) is 2.11. The number of nitrogens with one attached hydrogen (secondary N) is 2. The molecule has 0 saturated heterocycles. The van der Waals surface area contributed by atoms with Crippen LogP contribution in [0, 0.1) is 20.8 Å². The van der Waals surface area contributed by atoms with Crippen molar-refractivity contribution < 1.29 is 13.2 Å². The van der Waals surface area contributed by atoms with Crippen LogP contribution in [0.1, 0.15) is 16.7 Å². The first kappa shape index (κ1) is 17.2. The third kappa shape index (κ3) is 4.64. The fourth-order valence-corrected chi connectivity index (χ4v) is 3.09. The standard InChI is InChI=1S/C17H20N2O3S/c1-12-4-7-15(8-5-12)23(21,22)18-11-17(20)19-16-9-6-13(2)10-14(16)3/h4-10,18H,11H2,1-3H3,(H,19,20). The molecular weight excluding hydrogens is 312 g/mol. The van der Waals surface area contributed by atoms with Crippen LogP contribution >= 0.6 is 0 Å². The molecule has 0 radical (unpaired) electrons. The van der Waals surface area contributed by atoms with Crippen molar-refractivity contribution in [2.45, 2.75) is 25.7 Å². The average Bonchev–Trinajstić information content (AvgIpc) is 2.49. The van der Waals surface area contributed by atoms with E-state index >= 15 is 0 Å². The first-order chi connectivity index (χ1) is 10.8. The normalized spacial score (nSPS) is 11.3. The van der Waals surface area contributed by atoms with Gasteiger partial charge in [-0.1, -0.05) is 35.4 Å². The van der Waals surface area contributed by atoms with E-state index in [2.05, 4.69) is 10.0 Å². The lowest BCUT2D eigenvalue weighted by atomic mass is 10.1. The van der Waals surface area contributed by atoms with Gasteiger partial charge < -0.3 is 5.32 Å². The van der Waals surface area contributed by atoms with Crippen molar-refractivity contribution in [1.29, 1.82) is 0 Å². The minimum Gasteiger partial charge on any atom is -0.325 e. The molecule has 2 aromatic carbocycles. The zero-order chi connectivity index (χ0) is 17.0. The molecule has 0 unspecified atom stereocenters. The molecule has 0 bridgehead atoms. The number of aryl methyl sites for hydroxylation is 3. The third-order valence-electron chi connectivity index (χ3n) is 3.41. The van der Waals surface area contributed by atoms with Crippen LogP contribution in [0.3, 0.4) is 0 Å². The van der Waals surface area contributed by atoms with E-state index in [1.165, 1.54) is 12.1 Å². The molecule has 0 aromatic heterocycles. The Kier molecular flexibility index (Phi) is 5.18. The molecule has 2 rings (SSSR count). The zero-order valence-corrected chi connectivity index (χ0v) is 14.2. The second kappa shape index (κ2) is 6.93. The Morgan fingerprint density at radius 2 is 1.57 bits per heavy atom. The third-order valence-corrected chi connectivity index (χ3v) is 4.83. The molecule has 122 valence electrons. The highest BCUT2D eigenvalue weighted by Crippen LogP contribution is 2.16. The largest absolute Gasteiger partial charge is 0.325 e. The van der Waals surface area contributed by atoms with Gasteiger partial charge in [0.2, 0.25) is 15.9 Å². The number of sulfonamides is 1. The highest BCUT2D eigenvalue weighted by Gasteiger charge is 2.15. The molecule has 6 heteroatoms. The van der Waals surface area contributed by atoms with Gasteiger partial charge in [0.25, 0.3) is 0 Å². The Morgan fingerprint density at radius 1 is 0.957 bits per heavy atom. The Bertz CT molecular complexity index is 812. The second-order valence-electron chi connectivity index (χ2n) is 5.50. The van der Waals surface area contributed by atoms with Gasteiger partial charge in [0.05, 0.1) is 11.4 Å². The molecule has 1 amide bonds. The van der Waals surface area contributed by atoms with Gasteiger partial charge in [-0.15, -0.1) is 0 Å². The van der Waals surface area contributed by atoms with E-state index in [1.54, 1.807) is 18.2 Å². The lowest BCUT2D eigenvalue weighted by Crippen LogP contribution is -2.33. The summed E-state index contributed by atoms with van der Waals surface area (Å²) in [6.45, 7) is 5.41. The quantitative estimate of drug-likeness (QED) is 0.883. The monoisotopic (exact) mass is 332 g/mol. The SMILES string of the molecule is Cc1ccc(S(=O)(=O)NCC(=O)Nc2ccc(C)cc2C)cc1. The highest BCUT2D eigenvalue weighted by atomic mass is 32.2. The molecule has 0 heterocycles. The second-order valence-corrected chi connectivity index (χ2v) is 7.27. The number of hydrogen-bond donors (Lipinski definition) is 2. The first-order valence-corrected chi connectivity index (χ1v) is 8.70. The summed E-state index contributed by atoms with van der Waals surface area (Å²) < 4.78 is 26.5. The topological polar surface area (TPSA) is 75.3 Å². The van der Waals surface area contributed by atoms with Crippen LogP contribution in [0.15, 0.2) is 47.4 Å². The summed E-state index contributed by atoms with van der Waals surface area (Å²) in [6, 6.07) is 12.1. The van der Waals surface area contributed by atoms with Crippen molar-refractivity contribution in [2.24, 2.45) is 0 Å². The predicted octanol–water partition coefficient (Wildman–Crippen LogP) is 2.53. The minimum absolute atomic E-state index is 0.141. The molecular formula is C17H20N2O3S. The maximum absolute atomic E-state index is 12.1. The molecule has 0 spiro atoms. The van der Waals surface area contributed by atoms with Gasteiger partial charge in [0.15, 0.2) is 0 Å². The number of anilines is 1. The van der Waals surface area contributed by atoms with E-state index in [-0.39, 0.29) is 11.4 Å². The van der Waals surface area contributed by atoms with Crippen LogP contribution in [0.2, 0.25) is 0 Å². The average molecular weight is 332 g/mol. The molecule has 0 fully saturated rings. The van der Waals surface area contributed by atoms with Crippen LogP contribution in [-0.2, 0) is 14.8 Å². The summed E-state index contributed by atoms with van der Waals surface area (Å²) in [5, 5.41) is 2.70. The molecule has 0 aliphatic carbocycles. The van der Waals surface area contributed by atoms with Gasteiger partial charge in [0.1, 0.15) is 0 Å². The maximum atomic E-state index is 12.1. The maximum Gasteiger partial charge on any atom is 0.241 e. The number of carbonyl (C=O) groups is 1. The van der Waals surface area contributed by atoms with Crippen molar-refractivity contribution in [3.8, 4) is 0 Å². The van der Waals surface area contributed by atoms with Gasteiger partial charge in [-0.05, 0) is 44.5 Å². The Balaban J connectivity index is 1.99. The summed E-state index contributed by atoms with van der Waals surface area (Å²) in [7, 11) is -3.69. The molecule has 0 atom stereocenters. The number of carbonyl (C=O) groups excluding carboxylic acids is 1. The summed E-state index contributed by atoms with van der Waals surface area (Å²) in [5.74, 6) is -0.410. The molecule has 2 aromatic rings. The number of rotatable bonds is 5. The minimum atomic E-state index is -3.69. The van der Waals surface area contributed by atoms with Crippen molar-refractivity contribution in [3.63, 3.8) is 0 Å². The van der Waals surface area contributed by atoms with Crippen LogP contribution in [-0.4, -0.2) is 20.9 Å². The summed E-state index contributed by atoms with van der Waals surface area (Å²) in [5.41, 5.74) is 3.67. The van der Waals surface area contributed by atoms with E-state index in [9.17, 15) is 13.2 Å². The molecule has 0 aliphatic heterocycles. The van der Waals surface area contributed by atoms with E-state index < -0.39 is 15.9 Å². The fraction of sp³-hybridized carbons (Fsp3) is 0.235. The van der Waals surface area contributed by atoms with Crippen molar-refractivity contribution in [2.75, 3.05) is 11.9 Å². The lowest BCUT2D eigenvalue weighted by molar-refractivity contribution is -0.115. The number of hydrogen-bond acceptors (Lipinski definition) is 3. The first-order valence-electron chi connectivity index (χ1n) is 7.21. The summed E-state index contributed by atoms with van der Waals surface area (Å²) in [4.78, 5) is 12.1. The Labute approximate surface area is 136 Å². The molecule has 2 N–H and O–H groups in total. The molecule has 0 aliphatic rings. The Hall–Kier alpha value is -2.18. The van der Waals surface area contributed by atoms with E-state index in [0.717, 1.165) is 16.7 Å². The van der Waals surface area contributed by atoms with Gasteiger partial charge in [-0.3, -0.25) is 4.79 Å². The number of benzene rings is 2. The van der Waals surface area contributed by atoms with Crippen LogP contribution in [0.4, 0.5) is 5.69 Å². The van der Waals surface area contributed by atoms with Gasteiger partial charge in [0, 0.05) is 5.69 Å². The van der Waals surface area contributed by atoms with Crippen LogP contribution < -0.4 is 10.0 Å². The number of amides is 1. The van der Waals surface area contributed by atoms with E-state index in [0.29, 0.717) is 5.69 Å². The molecule has 23 heavy (non-hydrogen) atoms. The highest BCUT2D eigenvalue weighted by molar-refractivity contribution is 7.89. The molecule has 0 saturated carbocycles. The van der Waals surface area contributed by atoms with E-state index in [4.69, 9.17) is 0 Å². The summed E-state index contributed by atoms with van der Waals surface area (Å²) in [6.07, 6.45) is 0. The lowest BCUT2D eigenvalue weighted by Gasteiger charge is -2.10. The van der Waals surface area contributed by atoms with Crippen LogP contribution in [0.5, 0.6) is 0 Å². The van der Waals surface area contributed by atoms with Gasteiger partial charge in [-0.2, -0.15) is 0 Å². The van der Waals surface area contributed by atoms with Crippen molar-refractivity contribution in [1.82, 2.24) is 4.72 Å². The van der Waals surface area contributed by atoms with Crippen LogP contribution in [0.25, 0.3) is 0 Å². The zero-order valence-electron chi connectivity index (χ0n) is 13.4. The smallest absolute Gasteiger partial charge is 0.241 e. The molecule has 5 nitrogen and oxygen atoms in total. The summed E-state index contributed by atoms with van der Waals surface area (Å²) >= 11 is 0. The van der Waals surface area contributed by atoms with E-state index in [1.807, 2.05) is 32.9 Å². The predicted molar refractivity (Wildman–Crippen MR) is 90.9 cm³/mol. The van der Waals surface area contributed by atoms with Gasteiger partial charge in [-0.25, -0.2) is 13.1 Å². The van der Waals surface area contributed by atoms with Crippen molar-refractivity contribution in [3.05, 3.63) is 59.2 Å². The van der Waals surface area contributed by atoms with Crippen molar-refractivity contribution >= 4 is 21.6 Å².